The monoisotopic (exact) mass is 427 g/mol. The molecule has 28 heavy (non-hydrogen) atoms. The molecule has 0 aromatic heterocycles. The van der Waals surface area contributed by atoms with Gasteiger partial charge in [-0.05, 0) is 31.0 Å². The van der Waals surface area contributed by atoms with Gasteiger partial charge in [-0.3, -0.25) is 9.59 Å². The summed E-state index contributed by atoms with van der Waals surface area (Å²) < 4.78 is 32.0. The number of anilines is 1. The average molecular weight is 428 g/mol. The van der Waals surface area contributed by atoms with Crippen molar-refractivity contribution in [3.05, 3.63) is 18.2 Å². The zero-order valence-corrected chi connectivity index (χ0v) is 17.4. The van der Waals surface area contributed by atoms with Gasteiger partial charge in [0.15, 0.2) is 5.25 Å². The van der Waals surface area contributed by atoms with E-state index in [4.69, 9.17) is 4.74 Å². The summed E-state index contributed by atoms with van der Waals surface area (Å²) in [7, 11) is -2.21. The second-order valence-electron chi connectivity index (χ2n) is 6.78. The predicted octanol–water partition coefficient (Wildman–Crippen LogP) is 1.43. The zero-order chi connectivity index (χ0) is 20.1. The number of hydrogen-bond donors (Lipinski definition) is 2. The number of thioether (sulfide) groups is 1. The quantitative estimate of drug-likeness (QED) is 0.526. The van der Waals surface area contributed by atoms with Crippen molar-refractivity contribution in [2.75, 3.05) is 38.7 Å². The first-order valence-electron chi connectivity index (χ1n) is 9.31. The number of nitrogens with zero attached hydrogens (tertiary/aromatic N) is 1. The number of ether oxygens (including phenoxy) is 1. The van der Waals surface area contributed by atoms with E-state index < -0.39 is 21.2 Å². The van der Waals surface area contributed by atoms with E-state index in [1.165, 1.54) is 31.0 Å². The fourth-order valence-electron chi connectivity index (χ4n) is 3.24. The Kier molecular flexibility index (Phi) is 6.97. The van der Waals surface area contributed by atoms with Gasteiger partial charge in [-0.2, -0.15) is 0 Å². The first kappa shape index (κ1) is 21.1. The summed E-state index contributed by atoms with van der Waals surface area (Å²) in [6, 6.07) is 4.53. The summed E-state index contributed by atoms with van der Waals surface area (Å²) in [5, 5.41) is 1.86. The number of fused-ring (bicyclic) bond motifs is 1. The molecule has 8 nitrogen and oxygen atoms in total. The molecule has 2 N–H and O–H groups in total. The van der Waals surface area contributed by atoms with E-state index in [0.717, 1.165) is 25.7 Å². The molecule has 154 valence electrons. The molecule has 1 saturated heterocycles. The van der Waals surface area contributed by atoms with Crippen LogP contribution in [-0.4, -0.2) is 63.7 Å². The molecule has 2 heterocycles. The van der Waals surface area contributed by atoms with Gasteiger partial charge in [0, 0.05) is 31.6 Å². The Morgan fingerprint density at radius 3 is 2.68 bits per heavy atom. The van der Waals surface area contributed by atoms with Crippen LogP contribution < -0.4 is 10.0 Å². The molecule has 0 spiro atoms. The van der Waals surface area contributed by atoms with Crippen LogP contribution in [0.15, 0.2) is 28.0 Å². The number of benzene rings is 1. The molecule has 10 heteroatoms. The molecule has 3 rings (SSSR count). The summed E-state index contributed by atoms with van der Waals surface area (Å²) in [6.45, 7) is 1.78. The van der Waals surface area contributed by atoms with Crippen molar-refractivity contribution in [1.29, 1.82) is 0 Å². The number of sulfonamides is 1. The number of hydrogen-bond acceptors (Lipinski definition) is 6. The van der Waals surface area contributed by atoms with E-state index in [1.807, 2.05) is 0 Å². The van der Waals surface area contributed by atoms with Crippen LogP contribution in [0, 0.1) is 0 Å². The van der Waals surface area contributed by atoms with Crippen molar-refractivity contribution in [3.8, 4) is 0 Å². The Bertz CT molecular complexity index is 836. The molecule has 1 unspecified atom stereocenters. The minimum atomic E-state index is -3.70. The first-order valence-corrected chi connectivity index (χ1v) is 11.7. The van der Waals surface area contributed by atoms with Crippen LogP contribution in [0.25, 0.3) is 0 Å². The Morgan fingerprint density at radius 2 is 2.00 bits per heavy atom. The molecule has 0 saturated carbocycles. The van der Waals surface area contributed by atoms with E-state index in [9.17, 15) is 18.0 Å². The lowest BCUT2D eigenvalue weighted by Crippen LogP contribution is -2.45. The van der Waals surface area contributed by atoms with Gasteiger partial charge in [0.2, 0.25) is 21.8 Å². The highest BCUT2D eigenvalue weighted by Crippen LogP contribution is 2.37. The van der Waals surface area contributed by atoms with Crippen LogP contribution in [0.1, 0.15) is 25.7 Å². The third-order valence-corrected chi connectivity index (χ3v) is 7.46. The topological polar surface area (TPSA) is 105 Å². The lowest BCUT2D eigenvalue weighted by Gasteiger charge is -2.28. The van der Waals surface area contributed by atoms with Crippen LogP contribution in [0.5, 0.6) is 0 Å². The Labute approximate surface area is 169 Å². The minimum Gasteiger partial charge on any atom is -0.383 e. The molecule has 2 aliphatic rings. The molecule has 1 atom stereocenters. The summed E-state index contributed by atoms with van der Waals surface area (Å²) in [6.07, 6.45) is 4.12. The second kappa shape index (κ2) is 9.25. The fourth-order valence-corrected chi connectivity index (χ4v) is 5.33. The summed E-state index contributed by atoms with van der Waals surface area (Å²) >= 11 is 1.18. The number of methoxy groups -OCH3 is 1. The van der Waals surface area contributed by atoms with Crippen molar-refractivity contribution < 1.29 is 22.7 Å². The highest BCUT2D eigenvalue weighted by molar-refractivity contribution is 8.01. The van der Waals surface area contributed by atoms with Crippen LogP contribution in [0.4, 0.5) is 5.69 Å². The predicted molar refractivity (Wildman–Crippen MR) is 107 cm³/mol. The van der Waals surface area contributed by atoms with Crippen molar-refractivity contribution in [1.82, 2.24) is 9.62 Å². The molecular formula is C18H25N3O5S2. The average Bonchev–Trinajstić information content (AvgIpc) is 2.96. The minimum absolute atomic E-state index is 0.0561. The van der Waals surface area contributed by atoms with E-state index >= 15 is 0 Å². The summed E-state index contributed by atoms with van der Waals surface area (Å²) in [5.41, 5.74) is 0.407. The SMILES string of the molecule is COCCNS(=O)(=O)c1ccc2c(c1)NC(=O)C(C(=O)N1CCCCCC1)S2. The van der Waals surface area contributed by atoms with Crippen LogP contribution in [0.3, 0.4) is 0 Å². The van der Waals surface area contributed by atoms with E-state index in [-0.39, 0.29) is 24.0 Å². The second-order valence-corrected chi connectivity index (χ2v) is 9.69. The third-order valence-electron chi connectivity index (χ3n) is 4.74. The van der Waals surface area contributed by atoms with Crippen molar-refractivity contribution >= 4 is 39.3 Å². The highest BCUT2D eigenvalue weighted by atomic mass is 32.2. The van der Waals surface area contributed by atoms with E-state index in [2.05, 4.69) is 10.0 Å². The van der Waals surface area contributed by atoms with Gasteiger partial charge < -0.3 is 15.0 Å². The van der Waals surface area contributed by atoms with Gasteiger partial charge in [0.05, 0.1) is 17.2 Å². The van der Waals surface area contributed by atoms with Gasteiger partial charge in [-0.1, -0.05) is 12.8 Å². The van der Waals surface area contributed by atoms with Crippen LogP contribution in [-0.2, 0) is 24.3 Å². The number of nitrogens with one attached hydrogen (secondary N) is 2. The zero-order valence-electron chi connectivity index (χ0n) is 15.8. The smallest absolute Gasteiger partial charge is 0.247 e. The van der Waals surface area contributed by atoms with Crippen LogP contribution >= 0.6 is 11.8 Å². The van der Waals surface area contributed by atoms with Gasteiger partial charge >= 0.3 is 0 Å². The molecule has 2 amide bonds. The normalized spacial score (nSPS) is 20.2. The highest BCUT2D eigenvalue weighted by Gasteiger charge is 2.36. The maximum atomic E-state index is 12.8. The van der Waals surface area contributed by atoms with Gasteiger partial charge in [0.25, 0.3) is 0 Å². The van der Waals surface area contributed by atoms with Gasteiger partial charge in [-0.15, -0.1) is 11.8 Å². The third kappa shape index (κ3) is 4.86. The van der Waals surface area contributed by atoms with Gasteiger partial charge in [0.1, 0.15) is 0 Å². The molecule has 1 aromatic rings. The summed E-state index contributed by atoms with van der Waals surface area (Å²) in [5.74, 6) is -0.582. The number of carbonyl (C=O) groups excluding carboxylic acids is 2. The van der Waals surface area contributed by atoms with Gasteiger partial charge in [-0.25, -0.2) is 13.1 Å². The maximum Gasteiger partial charge on any atom is 0.247 e. The van der Waals surface area contributed by atoms with Crippen molar-refractivity contribution in [3.63, 3.8) is 0 Å². The van der Waals surface area contributed by atoms with Crippen molar-refractivity contribution in [2.45, 2.75) is 40.7 Å². The van der Waals surface area contributed by atoms with Crippen molar-refractivity contribution in [2.24, 2.45) is 0 Å². The fraction of sp³-hybridized carbons (Fsp3) is 0.556. The largest absolute Gasteiger partial charge is 0.383 e. The molecule has 0 aliphatic carbocycles. The lowest BCUT2D eigenvalue weighted by molar-refractivity contribution is -0.133. The lowest BCUT2D eigenvalue weighted by atomic mass is 10.2. The first-order chi connectivity index (χ1) is 13.4. The number of rotatable bonds is 6. The Hall–Kier alpha value is -1.62. The summed E-state index contributed by atoms with van der Waals surface area (Å²) in [4.78, 5) is 27.9. The maximum absolute atomic E-state index is 12.8. The molecule has 1 aromatic carbocycles. The van der Waals surface area contributed by atoms with E-state index in [0.29, 0.717) is 23.7 Å². The molecular weight excluding hydrogens is 402 g/mol. The number of likely N-dealkylation sites (tertiary alicyclic amines) is 1. The Balaban J connectivity index is 1.74. The standard InChI is InChI=1S/C18H25N3O5S2/c1-26-11-8-19-28(24,25)13-6-7-15-14(12-13)20-17(22)16(27-15)18(23)21-9-4-2-3-5-10-21/h6-7,12,16,19H,2-5,8-11H2,1H3,(H,20,22). The Morgan fingerprint density at radius 1 is 1.29 bits per heavy atom. The number of amides is 2. The molecule has 0 bridgehead atoms. The molecule has 0 radical (unpaired) electrons. The molecule has 2 aliphatic heterocycles. The van der Waals surface area contributed by atoms with E-state index in [1.54, 1.807) is 11.0 Å². The molecule has 1 fully saturated rings. The van der Waals surface area contributed by atoms with Crippen LogP contribution in [0.2, 0.25) is 0 Å². The number of carbonyl (C=O) groups is 2.